The van der Waals surface area contributed by atoms with Gasteiger partial charge in [-0.25, -0.2) is 9.18 Å². The summed E-state index contributed by atoms with van der Waals surface area (Å²) in [6.45, 7) is 0. The topological polar surface area (TPSA) is 73.1 Å². The van der Waals surface area contributed by atoms with Crippen LogP contribution in [-0.2, 0) is 0 Å². The predicted octanol–water partition coefficient (Wildman–Crippen LogP) is 3.79. The van der Waals surface area contributed by atoms with Crippen molar-refractivity contribution in [3.8, 4) is 6.07 Å². The molecular weight excluding hydrogens is 283 g/mol. The van der Waals surface area contributed by atoms with Crippen molar-refractivity contribution < 1.29 is 14.3 Å². The van der Waals surface area contributed by atoms with Crippen LogP contribution in [-0.4, -0.2) is 11.1 Å². The zero-order valence-electron chi connectivity index (χ0n) is 10.0. The molecule has 20 heavy (non-hydrogen) atoms. The van der Waals surface area contributed by atoms with Crippen LogP contribution in [0.25, 0.3) is 0 Å². The molecule has 2 N–H and O–H groups in total. The molecule has 6 heteroatoms. The highest BCUT2D eigenvalue weighted by atomic mass is 35.5. The Bertz CT molecular complexity index is 726. The van der Waals surface area contributed by atoms with Gasteiger partial charge in [0.2, 0.25) is 0 Å². The Labute approximate surface area is 119 Å². The lowest BCUT2D eigenvalue weighted by molar-refractivity contribution is 0.0692. The summed E-state index contributed by atoms with van der Waals surface area (Å²) >= 11 is 5.84. The van der Waals surface area contributed by atoms with Crippen LogP contribution in [0, 0.1) is 17.1 Å². The number of aromatic carboxylic acids is 1. The largest absolute Gasteiger partial charge is 0.478 e. The van der Waals surface area contributed by atoms with Crippen molar-refractivity contribution in [2.45, 2.75) is 0 Å². The fraction of sp³-hybridized carbons (Fsp3) is 0. The molecule has 0 atom stereocenters. The van der Waals surface area contributed by atoms with E-state index in [0.29, 0.717) is 22.0 Å². The van der Waals surface area contributed by atoms with E-state index in [1.165, 1.54) is 18.2 Å². The van der Waals surface area contributed by atoms with Gasteiger partial charge in [-0.05, 0) is 36.4 Å². The van der Waals surface area contributed by atoms with Crippen LogP contribution in [0.4, 0.5) is 15.8 Å². The van der Waals surface area contributed by atoms with Gasteiger partial charge in [0, 0.05) is 10.7 Å². The highest BCUT2D eigenvalue weighted by Crippen LogP contribution is 2.25. The lowest BCUT2D eigenvalue weighted by Crippen LogP contribution is -2.01. The number of anilines is 2. The van der Waals surface area contributed by atoms with Gasteiger partial charge in [0.15, 0.2) is 0 Å². The molecule has 2 aromatic rings. The van der Waals surface area contributed by atoms with E-state index < -0.39 is 17.3 Å². The van der Waals surface area contributed by atoms with Crippen molar-refractivity contribution in [2.24, 2.45) is 0 Å². The quantitative estimate of drug-likeness (QED) is 0.902. The Morgan fingerprint density at radius 1 is 1.30 bits per heavy atom. The van der Waals surface area contributed by atoms with Gasteiger partial charge in [-0.1, -0.05) is 11.6 Å². The zero-order valence-corrected chi connectivity index (χ0v) is 10.8. The van der Waals surface area contributed by atoms with Gasteiger partial charge in [-0.15, -0.1) is 0 Å². The Morgan fingerprint density at radius 3 is 2.65 bits per heavy atom. The lowest BCUT2D eigenvalue weighted by Gasteiger charge is -2.09. The van der Waals surface area contributed by atoms with Crippen molar-refractivity contribution in [3.05, 3.63) is 58.4 Å². The standard InChI is InChI=1S/C14H8ClFN2O2/c15-9-2-1-8(7-17)13(5-9)18-10-3-4-11(14(19)20)12(16)6-10/h1-6,18H,(H,19,20). The van der Waals surface area contributed by atoms with E-state index in [4.69, 9.17) is 22.0 Å². The van der Waals surface area contributed by atoms with E-state index in [1.807, 2.05) is 6.07 Å². The summed E-state index contributed by atoms with van der Waals surface area (Å²) in [5.41, 5.74) is 0.674. The molecule has 0 amide bonds. The summed E-state index contributed by atoms with van der Waals surface area (Å²) in [4.78, 5) is 10.7. The van der Waals surface area contributed by atoms with Gasteiger partial charge in [0.1, 0.15) is 11.9 Å². The molecule has 0 aromatic heterocycles. The normalized spacial score (nSPS) is 9.85. The molecule has 0 saturated carbocycles. The maximum Gasteiger partial charge on any atom is 0.338 e. The maximum absolute atomic E-state index is 13.6. The first-order valence-corrected chi connectivity index (χ1v) is 5.88. The van der Waals surface area contributed by atoms with Crippen LogP contribution < -0.4 is 5.32 Å². The van der Waals surface area contributed by atoms with Crippen molar-refractivity contribution >= 4 is 28.9 Å². The Kier molecular flexibility index (Phi) is 3.87. The average Bonchev–Trinajstić information content (AvgIpc) is 2.38. The molecule has 0 bridgehead atoms. The molecule has 4 nitrogen and oxygen atoms in total. The van der Waals surface area contributed by atoms with Crippen molar-refractivity contribution in [1.29, 1.82) is 5.26 Å². The van der Waals surface area contributed by atoms with E-state index >= 15 is 0 Å². The monoisotopic (exact) mass is 290 g/mol. The number of halogens is 2. The van der Waals surface area contributed by atoms with Gasteiger partial charge in [0.05, 0.1) is 16.8 Å². The fourth-order valence-corrected chi connectivity index (χ4v) is 1.81. The molecule has 0 unspecified atom stereocenters. The molecule has 0 aliphatic heterocycles. The molecule has 0 saturated heterocycles. The van der Waals surface area contributed by atoms with Crippen LogP contribution in [0.1, 0.15) is 15.9 Å². The summed E-state index contributed by atoms with van der Waals surface area (Å²) in [6.07, 6.45) is 0. The molecule has 0 fully saturated rings. The van der Waals surface area contributed by atoms with Gasteiger partial charge in [-0.3, -0.25) is 0 Å². The summed E-state index contributed by atoms with van der Waals surface area (Å²) in [7, 11) is 0. The molecule has 0 aliphatic rings. The van der Waals surface area contributed by atoms with Gasteiger partial charge in [0.25, 0.3) is 0 Å². The number of carbonyl (C=O) groups is 1. The first-order valence-electron chi connectivity index (χ1n) is 5.51. The summed E-state index contributed by atoms with van der Waals surface area (Å²) < 4.78 is 13.6. The van der Waals surface area contributed by atoms with Crippen LogP contribution in [0.3, 0.4) is 0 Å². The van der Waals surface area contributed by atoms with E-state index in [2.05, 4.69) is 5.32 Å². The molecular formula is C14H8ClFN2O2. The van der Waals surface area contributed by atoms with Gasteiger partial charge >= 0.3 is 5.97 Å². The first-order chi connectivity index (χ1) is 9.51. The second kappa shape index (κ2) is 5.59. The minimum Gasteiger partial charge on any atom is -0.478 e. The second-order valence-corrected chi connectivity index (χ2v) is 4.36. The number of benzene rings is 2. The Balaban J connectivity index is 2.36. The maximum atomic E-state index is 13.6. The van der Waals surface area contributed by atoms with E-state index in [0.717, 1.165) is 12.1 Å². The molecule has 2 aromatic carbocycles. The Hall–Kier alpha value is -2.58. The summed E-state index contributed by atoms with van der Waals surface area (Å²) in [5.74, 6) is -2.20. The number of hydrogen-bond acceptors (Lipinski definition) is 3. The highest BCUT2D eigenvalue weighted by molar-refractivity contribution is 6.30. The highest BCUT2D eigenvalue weighted by Gasteiger charge is 2.11. The predicted molar refractivity (Wildman–Crippen MR) is 72.8 cm³/mol. The molecule has 2 rings (SSSR count). The number of nitrogens with zero attached hydrogens (tertiary/aromatic N) is 1. The fourth-order valence-electron chi connectivity index (χ4n) is 1.64. The minimum atomic E-state index is -1.34. The third-order valence-corrected chi connectivity index (χ3v) is 2.82. The smallest absolute Gasteiger partial charge is 0.338 e. The zero-order chi connectivity index (χ0) is 14.7. The number of hydrogen-bond donors (Lipinski definition) is 2. The average molecular weight is 291 g/mol. The van der Waals surface area contributed by atoms with Crippen molar-refractivity contribution in [2.75, 3.05) is 5.32 Å². The Morgan fingerprint density at radius 2 is 2.05 bits per heavy atom. The van der Waals surface area contributed by atoms with Crippen LogP contribution >= 0.6 is 11.6 Å². The number of carboxylic acid groups (broad SMARTS) is 1. The van der Waals surface area contributed by atoms with Crippen molar-refractivity contribution in [1.82, 2.24) is 0 Å². The first kappa shape index (κ1) is 13.8. The van der Waals surface area contributed by atoms with Crippen molar-refractivity contribution in [3.63, 3.8) is 0 Å². The molecule has 0 aliphatic carbocycles. The molecule has 100 valence electrons. The third-order valence-electron chi connectivity index (χ3n) is 2.58. The number of carboxylic acids is 1. The van der Waals surface area contributed by atoms with E-state index in [-0.39, 0.29) is 0 Å². The number of nitriles is 1. The second-order valence-electron chi connectivity index (χ2n) is 3.93. The SMILES string of the molecule is N#Cc1ccc(Cl)cc1Nc1ccc(C(=O)O)c(F)c1. The number of nitrogens with one attached hydrogen (secondary N) is 1. The van der Waals surface area contributed by atoms with Crippen LogP contribution in [0.2, 0.25) is 5.02 Å². The summed E-state index contributed by atoms with van der Waals surface area (Å²) in [5, 5.41) is 21.0. The summed E-state index contributed by atoms with van der Waals surface area (Å²) in [6, 6.07) is 10.2. The minimum absolute atomic E-state index is 0.325. The molecule has 0 radical (unpaired) electrons. The van der Waals surface area contributed by atoms with E-state index in [9.17, 15) is 9.18 Å². The molecule has 0 spiro atoms. The van der Waals surface area contributed by atoms with Crippen LogP contribution in [0.5, 0.6) is 0 Å². The van der Waals surface area contributed by atoms with E-state index in [1.54, 1.807) is 6.07 Å². The third kappa shape index (κ3) is 2.87. The van der Waals surface area contributed by atoms with Gasteiger partial charge in [-0.2, -0.15) is 5.26 Å². The lowest BCUT2D eigenvalue weighted by atomic mass is 10.1. The van der Waals surface area contributed by atoms with Crippen LogP contribution in [0.15, 0.2) is 36.4 Å². The molecule has 0 heterocycles. The van der Waals surface area contributed by atoms with Gasteiger partial charge < -0.3 is 10.4 Å². The number of rotatable bonds is 3.